The largest absolute Gasteiger partial charge is 0.473 e. The summed E-state index contributed by atoms with van der Waals surface area (Å²) < 4.78 is 5.92. The van der Waals surface area contributed by atoms with Crippen LogP contribution in [0.3, 0.4) is 0 Å². The molecule has 0 aliphatic carbocycles. The van der Waals surface area contributed by atoms with E-state index in [1.165, 1.54) is 0 Å². The van der Waals surface area contributed by atoms with Crippen molar-refractivity contribution in [3.8, 4) is 5.88 Å². The Morgan fingerprint density at radius 2 is 2.12 bits per heavy atom. The van der Waals surface area contributed by atoms with E-state index < -0.39 is 0 Å². The Balaban J connectivity index is 1.74. The molecular weight excluding hydrogens is 332 g/mol. The van der Waals surface area contributed by atoms with Crippen LogP contribution in [0.1, 0.15) is 36.2 Å². The van der Waals surface area contributed by atoms with Crippen LogP contribution in [0, 0.1) is 0 Å². The summed E-state index contributed by atoms with van der Waals surface area (Å²) in [7, 11) is 0. The van der Waals surface area contributed by atoms with Gasteiger partial charge in [0.2, 0.25) is 5.88 Å². The van der Waals surface area contributed by atoms with Crippen LogP contribution < -0.4 is 4.74 Å². The summed E-state index contributed by atoms with van der Waals surface area (Å²) in [5.74, 6) is 2.67. The molecule has 1 amide bonds. The van der Waals surface area contributed by atoms with Crippen molar-refractivity contribution in [2.45, 2.75) is 39.0 Å². The number of ether oxygens (including phenoxy) is 1. The average Bonchev–Trinajstić information content (AvgIpc) is 3.13. The molecule has 5 heteroatoms. The number of aromatic nitrogens is 1. The van der Waals surface area contributed by atoms with E-state index >= 15 is 0 Å². The van der Waals surface area contributed by atoms with E-state index in [0.29, 0.717) is 18.0 Å². The van der Waals surface area contributed by atoms with Gasteiger partial charge >= 0.3 is 0 Å². The lowest BCUT2D eigenvalue weighted by atomic mass is 10.1. The maximum atomic E-state index is 13.0. The van der Waals surface area contributed by atoms with Crippen LogP contribution in [0.15, 0.2) is 48.7 Å². The molecule has 2 heterocycles. The van der Waals surface area contributed by atoms with Crippen molar-refractivity contribution in [3.63, 3.8) is 0 Å². The van der Waals surface area contributed by atoms with E-state index in [1.807, 2.05) is 60.8 Å². The van der Waals surface area contributed by atoms with Gasteiger partial charge in [-0.05, 0) is 37.7 Å². The number of rotatable bonds is 6. The zero-order valence-corrected chi connectivity index (χ0v) is 15.5. The fourth-order valence-electron chi connectivity index (χ4n) is 2.82. The number of thioether (sulfide) groups is 1. The summed E-state index contributed by atoms with van der Waals surface area (Å²) in [5.41, 5.74) is 1.75. The maximum Gasteiger partial charge on any atom is 0.254 e. The zero-order chi connectivity index (χ0) is 17.6. The molecule has 3 rings (SSSR count). The molecule has 132 valence electrons. The van der Waals surface area contributed by atoms with Gasteiger partial charge < -0.3 is 9.64 Å². The van der Waals surface area contributed by atoms with E-state index in [4.69, 9.17) is 4.74 Å². The van der Waals surface area contributed by atoms with Gasteiger partial charge in [0, 0.05) is 36.2 Å². The number of carbonyl (C=O) groups is 1. The normalized spacial score (nSPS) is 16.8. The van der Waals surface area contributed by atoms with Crippen molar-refractivity contribution in [1.82, 2.24) is 9.88 Å². The van der Waals surface area contributed by atoms with Crippen molar-refractivity contribution >= 4 is 17.7 Å². The van der Waals surface area contributed by atoms with Crippen LogP contribution >= 0.6 is 11.8 Å². The van der Waals surface area contributed by atoms with Crippen molar-refractivity contribution in [2.24, 2.45) is 0 Å². The van der Waals surface area contributed by atoms with Crippen LogP contribution in [0.25, 0.3) is 0 Å². The molecule has 0 bridgehead atoms. The van der Waals surface area contributed by atoms with Gasteiger partial charge in [-0.1, -0.05) is 30.3 Å². The second-order valence-corrected chi connectivity index (χ2v) is 7.65. The van der Waals surface area contributed by atoms with Gasteiger partial charge in [-0.3, -0.25) is 4.79 Å². The molecule has 4 nitrogen and oxygen atoms in total. The smallest absolute Gasteiger partial charge is 0.254 e. The molecule has 1 atom stereocenters. The van der Waals surface area contributed by atoms with Gasteiger partial charge in [-0.15, -0.1) is 0 Å². The number of hydrogen-bond acceptors (Lipinski definition) is 4. The molecule has 2 aromatic rings. The molecule has 1 aliphatic heterocycles. The first-order chi connectivity index (χ1) is 12.1. The van der Waals surface area contributed by atoms with Crippen LogP contribution in [-0.4, -0.2) is 39.4 Å². The molecule has 1 aromatic heterocycles. The molecule has 0 saturated carbocycles. The fourth-order valence-corrected chi connectivity index (χ4v) is 3.91. The Morgan fingerprint density at radius 3 is 2.80 bits per heavy atom. The summed E-state index contributed by atoms with van der Waals surface area (Å²) in [6, 6.07) is 13.7. The number of amides is 1. The van der Waals surface area contributed by atoms with Gasteiger partial charge in [-0.25, -0.2) is 4.98 Å². The number of benzene rings is 1. The van der Waals surface area contributed by atoms with Gasteiger partial charge in [0.15, 0.2) is 0 Å². The molecule has 1 aromatic carbocycles. The highest BCUT2D eigenvalue weighted by Crippen LogP contribution is 2.23. The molecule has 0 N–H and O–H groups in total. The Bertz CT molecular complexity index is 700. The predicted molar refractivity (Wildman–Crippen MR) is 102 cm³/mol. The topological polar surface area (TPSA) is 42.4 Å². The first kappa shape index (κ1) is 17.8. The maximum absolute atomic E-state index is 13.0. The molecule has 25 heavy (non-hydrogen) atoms. The SMILES string of the molecule is CC(C)N(Cc1ccccc1)C(=O)c1ccnc(OC2CCSC2)c1. The molecular formula is C20H24N2O2S. The van der Waals surface area contributed by atoms with Gasteiger partial charge in [0.05, 0.1) is 0 Å². The van der Waals surface area contributed by atoms with E-state index in [2.05, 4.69) is 4.98 Å². The summed E-state index contributed by atoms with van der Waals surface area (Å²) in [6.45, 7) is 4.67. The van der Waals surface area contributed by atoms with E-state index in [-0.39, 0.29) is 18.1 Å². The first-order valence-corrected chi connectivity index (χ1v) is 9.84. The predicted octanol–water partition coefficient (Wildman–Crippen LogP) is 4.02. The lowest BCUT2D eigenvalue weighted by molar-refractivity contribution is 0.0689. The van der Waals surface area contributed by atoms with Crippen molar-refractivity contribution in [2.75, 3.05) is 11.5 Å². The summed E-state index contributed by atoms with van der Waals surface area (Å²) in [5, 5.41) is 0. The second-order valence-electron chi connectivity index (χ2n) is 6.50. The Kier molecular flexibility index (Phi) is 5.97. The third-order valence-electron chi connectivity index (χ3n) is 4.24. The molecule has 1 fully saturated rings. The summed E-state index contributed by atoms with van der Waals surface area (Å²) in [6.07, 6.45) is 2.90. The fraction of sp³-hybridized carbons (Fsp3) is 0.400. The second kappa shape index (κ2) is 8.39. The van der Waals surface area contributed by atoms with Gasteiger partial charge in [0.25, 0.3) is 5.91 Å². The standard InChI is InChI=1S/C20H24N2O2S/c1-15(2)22(13-16-6-4-3-5-7-16)20(23)17-8-10-21-19(12-17)24-18-9-11-25-14-18/h3-8,10,12,15,18H,9,11,13-14H2,1-2H3. The molecule has 1 aliphatic rings. The van der Waals surface area contributed by atoms with Crippen molar-refractivity contribution in [3.05, 3.63) is 59.8 Å². The lowest BCUT2D eigenvalue weighted by Gasteiger charge is -2.27. The monoisotopic (exact) mass is 356 g/mol. The van der Waals surface area contributed by atoms with Crippen LogP contribution in [0.4, 0.5) is 0 Å². The Morgan fingerprint density at radius 1 is 1.32 bits per heavy atom. The third kappa shape index (κ3) is 4.75. The molecule has 1 unspecified atom stereocenters. The van der Waals surface area contributed by atoms with Crippen molar-refractivity contribution in [1.29, 1.82) is 0 Å². The van der Waals surface area contributed by atoms with E-state index in [9.17, 15) is 4.79 Å². The Labute approximate surface area is 153 Å². The number of nitrogens with zero attached hydrogens (tertiary/aromatic N) is 2. The minimum absolute atomic E-state index is 0.00639. The highest BCUT2D eigenvalue weighted by atomic mass is 32.2. The Hall–Kier alpha value is -2.01. The van der Waals surface area contributed by atoms with Crippen molar-refractivity contribution < 1.29 is 9.53 Å². The lowest BCUT2D eigenvalue weighted by Crippen LogP contribution is -2.36. The zero-order valence-electron chi connectivity index (χ0n) is 14.7. The average molecular weight is 356 g/mol. The molecule has 0 spiro atoms. The summed E-state index contributed by atoms with van der Waals surface area (Å²) >= 11 is 1.89. The minimum Gasteiger partial charge on any atom is -0.473 e. The minimum atomic E-state index is 0.00639. The van der Waals surface area contributed by atoms with Crippen LogP contribution in [0.5, 0.6) is 5.88 Å². The highest BCUT2D eigenvalue weighted by molar-refractivity contribution is 7.99. The first-order valence-electron chi connectivity index (χ1n) is 8.69. The van der Waals surface area contributed by atoms with Crippen LogP contribution in [-0.2, 0) is 6.54 Å². The van der Waals surface area contributed by atoms with E-state index in [1.54, 1.807) is 18.3 Å². The quantitative estimate of drug-likeness (QED) is 0.784. The number of carbonyl (C=O) groups excluding carboxylic acids is 1. The van der Waals surface area contributed by atoms with Gasteiger partial charge in [0.1, 0.15) is 6.10 Å². The molecule has 1 saturated heterocycles. The molecule has 0 radical (unpaired) electrons. The summed E-state index contributed by atoms with van der Waals surface area (Å²) in [4.78, 5) is 19.2. The van der Waals surface area contributed by atoms with Crippen LogP contribution in [0.2, 0.25) is 0 Å². The van der Waals surface area contributed by atoms with Gasteiger partial charge in [-0.2, -0.15) is 11.8 Å². The third-order valence-corrected chi connectivity index (χ3v) is 5.37. The number of pyridine rings is 1. The number of hydrogen-bond donors (Lipinski definition) is 0. The highest BCUT2D eigenvalue weighted by Gasteiger charge is 2.21. The van der Waals surface area contributed by atoms with E-state index in [0.717, 1.165) is 23.5 Å².